The molecule has 2 rings (SSSR count). The van der Waals surface area contributed by atoms with Gasteiger partial charge in [-0.25, -0.2) is 0 Å². The van der Waals surface area contributed by atoms with E-state index < -0.39 is 5.41 Å². The van der Waals surface area contributed by atoms with Gasteiger partial charge < -0.3 is 16.0 Å². The quantitative estimate of drug-likeness (QED) is 0.600. The van der Waals surface area contributed by atoms with Crippen LogP contribution in [0.3, 0.4) is 0 Å². The van der Waals surface area contributed by atoms with Crippen LogP contribution in [-0.2, 0) is 4.79 Å². The topological polar surface area (TPSA) is 70.2 Å². The molecule has 0 unspecified atom stereocenters. The van der Waals surface area contributed by atoms with Crippen LogP contribution in [0, 0.1) is 5.41 Å². The number of hydrogen-bond acceptors (Lipinski definition) is 3. The standard InChI is InChI=1S/C19H19Cl2N3O2S/c1-19(2,3)17(26)24-18(27)23-13-7-5-12(6-8-13)22-16(25)14-9-4-11(20)10-15(14)21/h4-10H,1-3H3,(H,22,25)(H2,23,24,26,27). The minimum Gasteiger partial charge on any atom is -0.332 e. The maximum absolute atomic E-state index is 12.3. The summed E-state index contributed by atoms with van der Waals surface area (Å²) in [5.74, 6) is -0.519. The van der Waals surface area contributed by atoms with E-state index in [4.69, 9.17) is 35.4 Å². The van der Waals surface area contributed by atoms with E-state index in [0.29, 0.717) is 22.0 Å². The van der Waals surface area contributed by atoms with E-state index in [1.807, 2.05) is 0 Å². The van der Waals surface area contributed by atoms with E-state index in [9.17, 15) is 9.59 Å². The zero-order valence-electron chi connectivity index (χ0n) is 15.0. The number of thiocarbonyl (C=S) groups is 1. The average molecular weight is 424 g/mol. The Labute approximate surface area is 173 Å². The van der Waals surface area contributed by atoms with Crippen LogP contribution in [0.2, 0.25) is 10.0 Å². The maximum atomic E-state index is 12.3. The maximum Gasteiger partial charge on any atom is 0.257 e. The molecule has 0 aromatic heterocycles. The van der Waals surface area contributed by atoms with Crippen molar-refractivity contribution in [2.45, 2.75) is 20.8 Å². The Bertz CT molecular complexity index is 878. The Morgan fingerprint density at radius 3 is 2.00 bits per heavy atom. The first kappa shape index (κ1) is 21.2. The third-order valence-electron chi connectivity index (χ3n) is 3.48. The summed E-state index contributed by atoms with van der Waals surface area (Å²) in [6.07, 6.45) is 0. The van der Waals surface area contributed by atoms with Crippen molar-refractivity contribution in [1.29, 1.82) is 0 Å². The molecule has 0 heterocycles. The number of amides is 2. The van der Waals surface area contributed by atoms with Gasteiger partial charge in [0.1, 0.15) is 0 Å². The third kappa shape index (κ3) is 6.20. The molecule has 0 bridgehead atoms. The highest BCUT2D eigenvalue weighted by atomic mass is 35.5. The summed E-state index contributed by atoms with van der Waals surface area (Å²) < 4.78 is 0. The van der Waals surface area contributed by atoms with E-state index in [1.54, 1.807) is 57.2 Å². The van der Waals surface area contributed by atoms with Gasteiger partial charge in [-0.05, 0) is 54.7 Å². The molecule has 0 aliphatic carbocycles. The Kier molecular flexibility index (Phi) is 6.81. The highest BCUT2D eigenvalue weighted by Crippen LogP contribution is 2.22. The average Bonchev–Trinajstić information content (AvgIpc) is 2.55. The lowest BCUT2D eigenvalue weighted by Crippen LogP contribution is -2.41. The van der Waals surface area contributed by atoms with Gasteiger partial charge in [-0.2, -0.15) is 0 Å². The van der Waals surface area contributed by atoms with Crippen LogP contribution in [-0.4, -0.2) is 16.9 Å². The fourth-order valence-corrected chi connectivity index (χ4v) is 2.67. The first-order valence-corrected chi connectivity index (χ1v) is 9.21. The normalized spacial score (nSPS) is 10.9. The van der Waals surface area contributed by atoms with Crippen molar-refractivity contribution in [1.82, 2.24) is 5.32 Å². The Morgan fingerprint density at radius 2 is 1.48 bits per heavy atom. The molecule has 142 valence electrons. The lowest BCUT2D eigenvalue weighted by molar-refractivity contribution is -0.126. The van der Waals surface area contributed by atoms with Gasteiger partial charge in [0.05, 0.1) is 10.6 Å². The Hall–Kier alpha value is -2.15. The van der Waals surface area contributed by atoms with E-state index in [0.717, 1.165) is 0 Å². The minimum absolute atomic E-state index is 0.177. The summed E-state index contributed by atoms with van der Waals surface area (Å²) in [5, 5.41) is 9.26. The molecular formula is C19H19Cl2N3O2S. The van der Waals surface area contributed by atoms with Crippen molar-refractivity contribution >= 4 is 63.7 Å². The second-order valence-electron chi connectivity index (χ2n) is 6.81. The number of carbonyl (C=O) groups is 2. The fourth-order valence-electron chi connectivity index (χ4n) is 1.96. The summed E-state index contributed by atoms with van der Waals surface area (Å²) in [4.78, 5) is 24.2. The largest absolute Gasteiger partial charge is 0.332 e. The summed E-state index contributed by atoms with van der Waals surface area (Å²) in [7, 11) is 0. The van der Waals surface area contributed by atoms with Gasteiger partial charge in [-0.15, -0.1) is 0 Å². The molecule has 27 heavy (non-hydrogen) atoms. The molecule has 0 aliphatic rings. The summed E-state index contributed by atoms with van der Waals surface area (Å²) in [6.45, 7) is 5.40. The molecule has 0 spiro atoms. The van der Waals surface area contributed by atoms with Gasteiger partial charge >= 0.3 is 0 Å². The molecule has 0 saturated heterocycles. The predicted molar refractivity (Wildman–Crippen MR) is 115 cm³/mol. The van der Waals surface area contributed by atoms with Crippen LogP contribution in [0.25, 0.3) is 0 Å². The number of nitrogens with one attached hydrogen (secondary N) is 3. The van der Waals surface area contributed by atoms with Gasteiger partial charge in [0, 0.05) is 21.8 Å². The van der Waals surface area contributed by atoms with E-state index in [2.05, 4.69) is 16.0 Å². The monoisotopic (exact) mass is 423 g/mol. The molecule has 0 aliphatic heterocycles. The SMILES string of the molecule is CC(C)(C)C(=O)NC(=S)Nc1ccc(NC(=O)c2ccc(Cl)cc2Cl)cc1. The van der Waals surface area contributed by atoms with Crippen LogP contribution in [0.15, 0.2) is 42.5 Å². The minimum atomic E-state index is -0.539. The molecule has 0 radical (unpaired) electrons. The number of rotatable bonds is 3. The lowest BCUT2D eigenvalue weighted by Gasteiger charge is -2.18. The van der Waals surface area contributed by atoms with Crippen molar-refractivity contribution < 1.29 is 9.59 Å². The lowest BCUT2D eigenvalue weighted by atomic mass is 9.96. The van der Waals surface area contributed by atoms with Gasteiger partial charge in [0.2, 0.25) is 5.91 Å². The second kappa shape index (κ2) is 8.69. The smallest absolute Gasteiger partial charge is 0.257 e. The number of benzene rings is 2. The molecule has 3 N–H and O–H groups in total. The zero-order valence-corrected chi connectivity index (χ0v) is 17.4. The van der Waals surface area contributed by atoms with Crippen molar-refractivity contribution in [2.75, 3.05) is 10.6 Å². The summed E-state index contributed by atoms with van der Waals surface area (Å²) in [5.41, 5.74) is 1.05. The zero-order chi connectivity index (χ0) is 20.2. The first-order chi connectivity index (χ1) is 12.6. The number of halogens is 2. The number of anilines is 2. The van der Waals surface area contributed by atoms with Crippen LogP contribution < -0.4 is 16.0 Å². The number of carbonyl (C=O) groups excluding carboxylic acids is 2. The molecule has 5 nitrogen and oxygen atoms in total. The van der Waals surface area contributed by atoms with Crippen LogP contribution in [0.1, 0.15) is 31.1 Å². The molecule has 2 aromatic rings. The molecule has 2 aromatic carbocycles. The Morgan fingerprint density at radius 1 is 0.926 bits per heavy atom. The molecule has 0 fully saturated rings. The van der Waals surface area contributed by atoms with Crippen molar-refractivity contribution in [3.05, 3.63) is 58.1 Å². The highest BCUT2D eigenvalue weighted by molar-refractivity contribution is 7.80. The van der Waals surface area contributed by atoms with Crippen molar-refractivity contribution in [3.63, 3.8) is 0 Å². The summed E-state index contributed by atoms with van der Waals surface area (Å²) in [6, 6.07) is 11.5. The fraction of sp³-hybridized carbons (Fsp3) is 0.211. The van der Waals surface area contributed by atoms with Crippen molar-refractivity contribution in [3.8, 4) is 0 Å². The molecular weight excluding hydrogens is 405 g/mol. The molecule has 0 atom stereocenters. The third-order valence-corrected chi connectivity index (χ3v) is 4.24. The van der Waals surface area contributed by atoms with E-state index in [-0.39, 0.29) is 21.9 Å². The van der Waals surface area contributed by atoms with Gasteiger partial charge in [0.25, 0.3) is 5.91 Å². The van der Waals surface area contributed by atoms with Crippen LogP contribution in [0.4, 0.5) is 11.4 Å². The molecule has 0 saturated carbocycles. The van der Waals surface area contributed by atoms with Gasteiger partial charge in [0.15, 0.2) is 5.11 Å². The highest BCUT2D eigenvalue weighted by Gasteiger charge is 2.21. The molecule has 8 heteroatoms. The van der Waals surface area contributed by atoms with E-state index >= 15 is 0 Å². The molecule has 2 amide bonds. The second-order valence-corrected chi connectivity index (χ2v) is 8.07. The van der Waals surface area contributed by atoms with Gasteiger partial charge in [-0.3, -0.25) is 9.59 Å². The number of hydrogen-bond donors (Lipinski definition) is 3. The van der Waals surface area contributed by atoms with Crippen LogP contribution in [0.5, 0.6) is 0 Å². The summed E-state index contributed by atoms with van der Waals surface area (Å²) >= 11 is 17.0. The van der Waals surface area contributed by atoms with Crippen LogP contribution >= 0.6 is 35.4 Å². The van der Waals surface area contributed by atoms with Gasteiger partial charge in [-0.1, -0.05) is 44.0 Å². The van der Waals surface area contributed by atoms with Crippen molar-refractivity contribution in [2.24, 2.45) is 5.41 Å². The predicted octanol–water partition coefficient (Wildman–Crippen LogP) is 5.10. The first-order valence-electron chi connectivity index (χ1n) is 8.05. The Balaban J connectivity index is 1.98. The van der Waals surface area contributed by atoms with E-state index in [1.165, 1.54) is 6.07 Å².